The summed E-state index contributed by atoms with van der Waals surface area (Å²) in [7, 11) is 0. The lowest BCUT2D eigenvalue weighted by atomic mass is 9.86. The summed E-state index contributed by atoms with van der Waals surface area (Å²) in [6.07, 6.45) is 9.76. The van der Waals surface area contributed by atoms with Gasteiger partial charge >= 0.3 is 6.03 Å². The molecule has 0 radical (unpaired) electrons. The second-order valence-electron chi connectivity index (χ2n) is 6.53. The minimum atomic E-state index is -0.393. The summed E-state index contributed by atoms with van der Waals surface area (Å²) in [6.45, 7) is 8.83. The number of hydrogen-bond donors (Lipinski definition) is 2. The van der Waals surface area contributed by atoms with Crippen molar-refractivity contribution in [2.45, 2.75) is 85.1 Å². The fraction of sp³-hybridized carbons (Fsp3) is 0.933. The minimum absolute atomic E-state index is 0.230. The molecule has 0 saturated heterocycles. The molecular weight excluding hydrogens is 224 g/mol. The van der Waals surface area contributed by atoms with Crippen LogP contribution in [0.25, 0.3) is 0 Å². The molecule has 1 atom stereocenters. The molecule has 108 valence electrons. The molecule has 0 bridgehead atoms. The van der Waals surface area contributed by atoms with Crippen LogP contribution in [-0.2, 0) is 0 Å². The average Bonchev–Trinajstić information content (AvgIpc) is 2.19. The third-order valence-electron chi connectivity index (χ3n) is 3.11. The largest absolute Gasteiger partial charge is 0.352 e. The molecule has 0 aromatic carbocycles. The summed E-state index contributed by atoms with van der Waals surface area (Å²) in [6, 6.07) is -0.163. The Bertz CT molecular complexity index is 221. The number of primary amides is 1. The number of rotatable bonds is 9. The Balaban J connectivity index is 3.83. The van der Waals surface area contributed by atoms with Gasteiger partial charge in [0.1, 0.15) is 0 Å². The van der Waals surface area contributed by atoms with Crippen LogP contribution in [0.4, 0.5) is 4.79 Å². The molecule has 3 nitrogen and oxygen atoms in total. The molecule has 0 spiro atoms. The highest BCUT2D eigenvalue weighted by Gasteiger charge is 2.19. The maximum Gasteiger partial charge on any atom is 0.312 e. The predicted octanol–water partition coefficient (Wildman–Crippen LogP) is 4.21. The quantitative estimate of drug-likeness (QED) is 0.596. The number of hydrogen-bond acceptors (Lipinski definition) is 1. The number of nitrogens with two attached hydrogens (primary N) is 1. The number of amides is 2. The summed E-state index contributed by atoms with van der Waals surface area (Å²) in [4.78, 5) is 11.0. The van der Waals surface area contributed by atoms with Gasteiger partial charge in [0, 0.05) is 6.04 Å². The van der Waals surface area contributed by atoms with Crippen LogP contribution in [0.5, 0.6) is 0 Å². The van der Waals surface area contributed by atoms with Gasteiger partial charge in [0.05, 0.1) is 0 Å². The van der Waals surface area contributed by atoms with Crippen LogP contribution in [-0.4, -0.2) is 12.1 Å². The molecule has 0 aromatic heterocycles. The van der Waals surface area contributed by atoms with Gasteiger partial charge in [0.15, 0.2) is 0 Å². The third kappa shape index (κ3) is 11.7. The molecule has 0 aliphatic heterocycles. The Kier molecular flexibility index (Phi) is 8.86. The van der Waals surface area contributed by atoms with Gasteiger partial charge in [-0.3, -0.25) is 0 Å². The number of unbranched alkanes of at least 4 members (excludes halogenated alkanes) is 5. The van der Waals surface area contributed by atoms with Crippen molar-refractivity contribution in [3.05, 3.63) is 0 Å². The second-order valence-corrected chi connectivity index (χ2v) is 6.53. The van der Waals surface area contributed by atoms with E-state index in [4.69, 9.17) is 5.73 Å². The normalized spacial score (nSPS) is 13.3. The van der Waals surface area contributed by atoms with E-state index < -0.39 is 6.03 Å². The topological polar surface area (TPSA) is 55.1 Å². The van der Waals surface area contributed by atoms with Crippen LogP contribution >= 0.6 is 0 Å². The molecule has 3 heteroatoms. The lowest BCUT2D eigenvalue weighted by Crippen LogP contribution is -2.40. The maximum atomic E-state index is 11.0. The summed E-state index contributed by atoms with van der Waals surface area (Å²) in [5.74, 6) is 0. The van der Waals surface area contributed by atoms with Gasteiger partial charge in [-0.2, -0.15) is 0 Å². The first-order valence-corrected chi connectivity index (χ1v) is 7.41. The van der Waals surface area contributed by atoms with Crippen LogP contribution in [0, 0.1) is 5.41 Å². The van der Waals surface area contributed by atoms with Crippen molar-refractivity contribution in [2.24, 2.45) is 11.1 Å². The van der Waals surface area contributed by atoms with Crippen LogP contribution in [0.2, 0.25) is 0 Å². The highest BCUT2D eigenvalue weighted by atomic mass is 16.2. The summed E-state index contributed by atoms with van der Waals surface area (Å²) in [5.41, 5.74) is 5.46. The molecule has 0 fully saturated rings. The van der Waals surface area contributed by atoms with Crippen LogP contribution < -0.4 is 11.1 Å². The molecule has 0 saturated carbocycles. The summed E-state index contributed by atoms with van der Waals surface area (Å²) in [5, 5.41) is 2.88. The lowest BCUT2D eigenvalue weighted by molar-refractivity contribution is 0.235. The zero-order valence-electron chi connectivity index (χ0n) is 12.7. The van der Waals surface area contributed by atoms with E-state index in [1.165, 1.54) is 38.5 Å². The molecule has 0 aliphatic carbocycles. The van der Waals surface area contributed by atoms with Crippen molar-refractivity contribution in [3.8, 4) is 0 Å². The van der Waals surface area contributed by atoms with E-state index >= 15 is 0 Å². The Morgan fingerprint density at radius 2 is 1.67 bits per heavy atom. The number of urea groups is 1. The zero-order valence-corrected chi connectivity index (χ0v) is 12.7. The fourth-order valence-corrected chi connectivity index (χ4v) is 2.34. The fourth-order valence-electron chi connectivity index (χ4n) is 2.34. The van der Waals surface area contributed by atoms with E-state index in [0.717, 1.165) is 12.8 Å². The molecule has 0 aliphatic rings. The Labute approximate surface area is 113 Å². The molecule has 1 unspecified atom stereocenters. The third-order valence-corrected chi connectivity index (χ3v) is 3.11. The van der Waals surface area contributed by atoms with Gasteiger partial charge in [0.2, 0.25) is 0 Å². The van der Waals surface area contributed by atoms with E-state index in [1.54, 1.807) is 0 Å². The Hall–Kier alpha value is -0.730. The van der Waals surface area contributed by atoms with Crippen molar-refractivity contribution in [3.63, 3.8) is 0 Å². The van der Waals surface area contributed by atoms with Gasteiger partial charge in [-0.1, -0.05) is 66.2 Å². The average molecular weight is 256 g/mol. The highest BCUT2D eigenvalue weighted by molar-refractivity contribution is 5.71. The standard InChI is InChI=1S/C15H32N2O/c1-5-6-7-8-9-10-11-13(17-14(16)18)12-15(2,3)4/h13H,5-12H2,1-4H3,(H3,16,17,18). The monoisotopic (exact) mass is 256 g/mol. The first kappa shape index (κ1) is 17.3. The number of nitrogens with one attached hydrogen (secondary N) is 1. The molecule has 0 heterocycles. The molecular formula is C15H32N2O. The van der Waals surface area contributed by atoms with E-state index in [0.29, 0.717) is 0 Å². The Morgan fingerprint density at radius 3 is 2.17 bits per heavy atom. The van der Waals surface area contributed by atoms with Crippen LogP contribution in [0.3, 0.4) is 0 Å². The van der Waals surface area contributed by atoms with Gasteiger partial charge in [-0.15, -0.1) is 0 Å². The molecule has 3 N–H and O–H groups in total. The van der Waals surface area contributed by atoms with Crippen molar-refractivity contribution < 1.29 is 4.79 Å². The number of carbonyl (C=O) groups excluding carboxylic acids is 1. The first-order chi connectivity index (χ1) is 8.35. The summed E-state index contributed by atoms with van der Waals surface area (Å²) < 4.78 is 0. The van der Waals surface area contributed by atoms with Gasteiger partial charge in [-0.05, 0) is 18.3 Å². The van der Waals surface area contributed by atoms with Gasteiger partial charge in [0.25, 0.3) is 0 Å². The highest BCUT2D eigenvalue weighted by Crippen LogP contribution is 2.23. The van der Waals surface area contributed by atoms with Crippen LogP contribution in [0.15, 0.2) is 0 Å². The van der Waals surface area contributed by atoms with E-state index in [-0.39, 0.29) is 11.5 Å². The first-order valence-electron chi connectivity index (χ1n) is 7.41. The lowest BCUT2D eigenvalue weighted by Gasteiger charge is -2.26. The second kappa shape index (κ2) is 9.23. The van der Waals surface area contributed by atoms with Crippen LogP contribution in [0.1, 0.15) is 79.1 Å². The minimum Gasteiger partial charge on any atom is -0.352 e. The van der Waals surface area contributed by atoms with Crippen molar-refractivity contribution in [2.75, 3.05) is 0 Å². The van der Waals surface area contributed by atoms with E-state index in [9.17, 15) is 4.79 Å². The van der Waals surface area contributed by atoms with Crippen molar-refractivity contribution in [1.29, 1.82) is 0 Å². The number of carbonyl (C=O) groups is 1. The molecule has 18 heavy (non-hydrogen) atoms. The zero-order chi connectivity index (χ0) is 14.0. The van der Waals surface area contributed by atoms with Gasteiger partial charge in [-0.25, -0.2) is 4.79 Å². The Morgan fingerprint density at radius 1 is 1.11 bits per heavy atom. The van der Waals surface area contributed by atoms with Crippen molar-refractivity contribution in [1.82, 2.24) is 5.32 Å². The smallest absolute Gasteiger partial charge is 0.312 e. The maximum absolute atomic E-state index is 11.0. The SMILES string of the molecule is CCCCCCCCC(CC(C)(C)C)NC(N)=O. The van der Waals surface area contributed by atoms with E-state index in [2.05, 4.69) is 33.0 Å². The molecule has 0 rings (SSSR count). The molecule has 0 aromatic rings. The van der Waals surface area contributed by atoms with Crippen molar-refractivity contribution >= 4 is 6.03 Å². The summed E-state index contributed by atoms with van der Waals surface area (Å²) >= 11 is 0. The predicted molar refractivity (Wildman–Crippen MR) is 78.6 cm³/mol. The van der Waals surface area contributed by atoms with E-state index in [1.807, 2.05) is 0 Å². The van der Waals surface area contributed by atoms with Gasteiger partial charge < -0.3 is 11.1 Å². The molecule has 2 amide bonds.